The third-order valence-electron chi connectivity index (χ3n) is 1.77. The lowest BCUT2D eigenvalue weighted by atomic mass is 10.2. The first-order valence-corrected chi connectivity index (χ1v) is 6.49. The van der Waals surface area contributed by atoms with Gasteiger partial charge in [0.15, 0.2) is 0 Å². The Balaban J connectivity index is 2.61. The van der Waals surface area contributed by atoms with Crippen LogP contribution in [0, 0.1) is 0 Å². The molecule has 1 N–H and O–H groups in total. The Hall–Kier alpha value is -1.36. The van der Waals surface area contributed by atoms with Crippen LogP contribution in [0.3, 0.4) is 0 Å². The van der Waals surface area contributed by atoms with Crippen molar-refractivity contribution in [1.82, 2.24) is 0 Å². The van der Waals surface area contributed by atoms with E-state index in [-0.39, 0.29) is 11.5 Å². The van der Waals surface area contributed by atoms with E-state index in [1.54, 1.807) is 20.8 Å². The van der Waals surface area contributed by atoms with Crippen LogP contribution in [0.5, 0.6) is 5.75 Å². The number of benzene rings is 1. The Labute approximate surface area is 103 Å². The third kappa shape index (κ3) is 4.99. The average Bonchev–Trinajstić information content (AvgIpc) is 2.15. The number of aromatic hydroxyl groups is 1. The molecule has 0 saturated carbocycles. The molecule has 1 atom stereocenters. The maximum absolute atomic E-state index is 11.8. The van der Waals surface area contributed by atoms with Gasteiger partial charge in [-0.25, -0.2) is 0 Å². The van der Waals surface area contributed by atoms with Crippen LogP contribution >= 0.6 is 0 Å². The SMILES string of the molecule is CC(C)(C)OC(=O)C[S@](=O)c1ccc(O)cc1. The summed E-state index contributed by atoms with van der Waals surface area (Å²) in [6, 6.07) is 5.91. The van der Waals surface area contributed by atoms with Gasteiger partial charge in [0.2, 0.25) is 0 Å². The standard InChI is InChI=1S/C12H16O4S/c1-12(2,3)16-11(14)8-17(15)10-6-4-9(13)5-7-10/h4-7,13H,8H2,1-3H3/t17-/m0/s1. The monoisotopic (exact) mass is 256 g/mol. The van der Waals surface area contributed by atoms with Crippen LogP contribution in [-0.2, 0) is 20.3 Å². The van der Waals surface area contributed by atoms with Crippen molar-refractivity contribution in [2.24, 2.45) is 0 Å². The van der Waals surface area contributed by atoms with E-state index in [0.29, 0.717) is 4.90 Å². The number of phenolic OH excluding ortho intramolecular Hbond substituents is 1. The Morgan fingerprint density at radius 2 is 1.82 bits per heavy atom. The topological polar surface area (TPSA) is 63.6 Å². The largest absolute Gasteiger partial charge is 0.508 e. The van der Waals surface area contributed by atoms with Crippen LogP contribution < -0.4 is 0 Å². The smallest absolute Gasteiger partial charge is 0.319 e. The molecule has 0 heterocycles. The second-order valence-corrected chi connectivity index (χ2v) is 6.02. The molecule has 0 fully saturated rings. The fourth-order valence-corrected chi connectivity index (χ4v) is 2.04. The zero-order valence-corrected chi connectivity index (χ0v) is 10.9. The summed E-state index contributed by atoms with van der Waals surface area (Å²) in [5.74, 6) is -0.575. The lowest BCUT2D eigenvalue weighted by molar-refractivity contribution is -0.151. The number of hydrogen-bond donors (Lipinski definition) is 1. The number of phenols is 1. The van der Waals surface area contributed by atoms with Gasteiger partial charge in [0.25, 0.3) is 0 Å². The zero-order chi connectivity index (χ0) is 13.1. The molecule has 17 heavy (non-hydrogen) atoms. The molecule has 0 amide bonds. The van der Waals surface area contributed by atoms with Crippen LogP contribution in [0.25, 0.3) is 0 Å². The van der Waals surface area contributed by atoms with Crippen molar-refractivity contribution in [2.45, 2.75) is 31.3 Å². The molecule has 0 radical (unpaired) electrons. The molecule has 4 nitrogen and oxygen atoms in total. The van der Waals surface area contributed by atoms with Crippen molar-refractivity contribution in [2.75, 3.05) is 5.75 Å². The van der Waals surface area contributed by atoms with E-state index in [2.05, 4.69) is 0 Å². The van der Waals surface area contributed by atoms with E-state index in [0.717, 1.165) is 0 Å². The van der Waals surface area contributed by atoms with Gasteiger partial charge in [-0.05, 0) is 45.0 Å². The number of ether oxygens (including phenoxy) is 1. The van der Waals surface area contributed by atoms with Crippen LogP contribution in [0.1, 0.15) is 20.8 Å². The quantitative estimate of drug-likeness (QED) is 0.838. The maximum Gasteiger partial charge on any atom is 0.319 e. The predicted molar refractivity (Wildman–Crippen MR) is 65.2 cm³/mol. The van der Waals surface area contributed by atoms with Gasteiger partial charge in [0.05, 0.1) is 10.8 Å². The predicted octanol–water partition coefficient (Wildman–Crippen LogP) is 1.84. The van der Waals surface area contributed by atoms with E-state index in [1.165, 1.54) is 24.3 Å². The van der Waals surface area contributed by atoms with E-state index >= 15 is 0 Å². The average molecular weight is 256 g/mol. The molecule has 1 aromatic carbocycles. The minimum atomic E-state index is -1.44. The molecule has 0 saturated heterocycles. The molecule has 94 valence electrons. The Morgan fingerprint density at radius 3 is 2.29 bits per heavy atom. The van der Waals surface area contributed by atoms with Crippen molar-refractivity contribution in [1.29, 1.82) is 0 Å². The summed E-state index contributed by atoms with van der Waals surface area (Å²) in [6.07, 6.45) is 0. The van der Waals surface area contributed by atoms with E-state index in [9.17, 15) is 9.00 Å². The summed E-state index contributed by atoms with van der Waals surface area (Å²) in [5, 5.41) is 9.08. The first kappa shape index (κ1) is 13.7. The summed E-state index contributed by atoms with van der Waals surface area (Å²) in [7, 11) is -1.44. The lowest BCUT2D eigenvalue weighted by Crippen LogP contribution is -2.27. The van der Waals surface area contributed by atoms with Gasteiger partial charge in [-0.15, -0.1) is 0 Å². The van der Waals surface area contributed by atoms with Crippen LogP contribution in [-0.4, -0.2) is 26.6 Å². The highest BCUT2D eigenvalue weighted by Crippen LogP contribution is 2.14. The van der Waals surface area contributed by atoms with Gasteiger partial charge in [-0.2, -0.15) is 0 Å². The zero-order valence-electron chi connectivity index (χ0n) is 10.1. The molecule has 0 aliphatic rings. The van der Waals surface area contributed by atoms with E-state index < -0.39 is 22.4 Å². The highest BCUT2D eigenvalue weighted by molar-refractivity contribution is 7.85. The fraction of sp³-hybridized carbons (Fsp3) is 0.417. The van der Waals surface area contributed by atoms with Gasteiger partial charge in [0.1, 0.15) is 17.1 Å². The molecule has 5 heteroatoms. The highest BCUT2D eigenvalue weighted by Gasteiger charge is 2.18. The van der Waals surface area contributed by atoms with E-state index in [4.69, 9.17) is 9.84 Å². The highest BCUT2D eigenvalue weighted by atomic mass is 32.2. The Kier molecular flexibility index (Phi) is 4.28. The Bertz CT molecular complexity index is 417. The van der Waals surface area contributed by atoms with Crippen molar-refractivity contribution < 1.29 is 18.8 Å². The molecular weight excluding hydrogens is 240 g/mol. The molecule has 1 rings (SSSR count). The number of esters is 1. The molecule has 1 aromatic rings. The second kappa shape index (κ2) is 5.31. The van der Waals surface area contributed by atoms with Crippen LogP contribution in [0.15, 0.2) is 29.2 Å². The van der Waals surface area contributed by atoms with Crippen molar-refractivity contribution in [3.8, 4) is 5.75 Å². The normalized spacial score (nSPS) is 13.1. The van der Waals surface area contributed by atoms with E-state index in [1.807, 2.05) is 0 Å². The number of carbonyl (C=O) groups is 1. The number of carbonyl (C=O) groups excluding carboxylic acids is 1. The van der Waals surface area contributed by atoms with Gasteiger partial charge in [-0.1, -0.05) is 0 Å². The number of hydrogen-bond acceptors (Lipinski definition) is 4. The summed E-state index contributed by atoms with van der Waals surface area (Å²) in [4.78, 5) is 11.9. The first-order valence-electron chi connectivity index (χ1n) is 5.17. The molecule has 0 aromatic heterocycles. The first-order chi connectivity index (χ1) is 7.78. The summed E-state index contributed by atoms with van der Waals surface area (Å²) < 4.78 is 16.9. The van der Waals surface area contributed by atoms with Gasteiger partial charge in [-0.3, -0.25) is 9.00 Å². The van der Waals surface area contributed by atoms with Gasteiger partial charge in [0, 0.05) is 4.90 Å². The minimum absolute atomic E-state index is 0.100. The Morgan fingerprint density at radius 1 is 1.29 bits per heavy atom. The number of rotatable bonds is 3. The summed E-state index contributed by atoms with van der Waals surface area (Å²) >= 11 is 0. The second-order valence-electron chi connectivity index (χ2n) is 4.57. The van der Waals surface area contributed by atoms with Crippen LogP contribution in [0.2, 0.25) is 0 Å². The fourth-order valence-electron chi connectivity index (χ4n) is 1.16. The summed E-state index contributed by atoms with van der Waals surface area (Å²) in [6.45, 7) is 5.27. The molecule has 0 aliphatic heterocycles. The lowest BCUT2D eigenvalue weighted by Gasteiger charge is -2.19. The molecule has 0 spiro atoms. The molecule has 0 unspecified atom stereocenters. The third-order valence-corrected chi connectivity index (χ3v) is 3.06. The van der Waals surface area contributed by atoms with Crippen molar-refractivity contribution >= 4 is 16.8 Å². The van der Waals surface area contributed by atoms with Gasteiger partial charge < -0.3 is 9.84 Å². The van der Waals surface area contributed by atoms with Crippen molar-refractivity contribution in [3.63, 3.8) is 0 Å². The van der Waals surface area contributed by atoms with Crippen molar-refractivity contribution in [3.05, 3.63) is 24.3 Å². The minimum Gasteiger partial charge on any atom is -0.508 e. The maximum atomic E-state index is 11.8. The van der Waals surface area contributed by atoms with Gasteiger partial charge >= 0.3 is 5.97 Å². The molecule has 0 aliphatic carbocycles. The van der Waals surface area contributed by atoms with Crippen LogP contribution in [0.4, 0.5) is 0 Å². The molecular formula is C12H16O4S. The molecule has 0 bridgehead atoms. The summed E-state index contributed by atoms with van der Waals surface area (Å²) in [5.41, 5.74) is -0.573.